The van der Waals surface area contributed by atoms with E-state index in [1.54, 1.807) is 24.8 Å². The Hall–Kier alpha value is -0.470. The van der Waals surface area contributed by atoms with Crippen LogP contribution in [0.4, 0.5) is 0 Å². The average molecular weight is 215 g/mol. The van der Waals surface area contributed by atoms with Gasteiger partial charge in [-0.15, -0.1) is 11.8 Å². The van der Waals surface area contributed by atoms with Crippen LogP contribution in [0.25, 0.3) is 0 Å². The average Bonchev–Trinajstić information content (AvgIpc) is 2.08. The number of carbonyl (C=O) groups is 1. The molecular formula is C10H11ClOS. The highest BCUT2D eigenvalue weighted by Crippen LogP contribution is 2.27. The lowest BCUT2D eigenvalue weighted by Crippen LogP contribution is -1.97. The number of thioether (sulfide) groups is 1. The molecule has 70 valence electrons. The highest BCUT2D eigenvalue weighted by atomic mass is 35.5. The van der Waals surface area contributed by atoms with Gasteiger partial charge in [-0.05, 0) is 37.8 Å². The van der Waals surface area contributed by atoms with E-state index in [0.29, 0.717) is 5.02 Å². The van der Waals surface area contributed by atoms with Gasteiger partial charge in [0.2, 0.25) is 0 Å². The number of hydrogen-bond acceptors (Lipinski definition) is 2. The molecule has 0 N–H and O–H groups in total. The van der Waals surface area contributed by atoms with E-state index in [1.165, 1.54) is 0 Å². The van der Waals surface area contributed by atoms with Gasteiger partial charge in [-0.3, -0.25) is 4.79 Å². The molecule has 0 spiro atoms. The summed E-state index contributed by atoms with van der Waals surface area (Å²) in [6.07, 6.45) is 1.97. The maximum Gasteiger partial charge on any atom is 0.160 e. The minimum Gasteiger partial charge on any atom is -0.294 e. The number of rotatable bonds is 2. The summed E-state index contributed by atoms with van der Waals surface area (Å²) in [6, 6.07) is 3.60. The Morgan fingerprint density at radius 3 is 2.54 bits per heavy atom. The van der Waals surface area contributed by atoms with Crippen LogP contribution >= 0.6 is 23.4 Å². The molecule has 0 saturated carbocycles. The lowest BCUT2D eigenvalue weighted by Gasteiger charge is -2.07. The van der Waals surface area contributed by atoms with Gasteiger partial charge in [-0.25, -0.2) is 0 Å². The second kappa shape index (κ2) is 4.16. The molecule has 13 heavy (non-hydrogen) atoms. The predicted molar refractivity (Wildman–Crippen MR) is 58.0 cm³/mol. The number of hydrogen-bond donors (Lipinski definition) is 0. The van der Waals surface area contributed by atoms with Crippen LogP contribution in [0.1, 0.15) is 22.8 Å². The zero-order valence-corrected chi connectivity index (χ0v) is 9.42. The van der Waals surface area contributed by atoms with Crippen molar-refractivity contribution >= 4 is 29.1 Å². The molecule has 1 aromatic carbocycles. The Labute approximate surface area is 87.5 Å². The molecule has 0 heterocycles. The van der Waals surface area contributed by atoms with Gasteiger partial charge in [0.25, 0.3) is 0 Å². The van der Waals surface area contributed by atoms with Crippen molar-refractivity contribution in [3.63, 3.8) is 0 Å². The van der Waals surface area contributed by atoms with Gasteiger partial charge in [0.15, 0.2) is 5.78 Å². The second-order valence-electron chi connectivity index (χ2n) is 2.84. The summed E-state index contributed by atoms with van der Waals surface area (Å²) in [6.45, 7) is 3.50. The SMILES string of the molecule is CSc1cc(Cl)cc(C(C)=O)c1C. The first-order valence-corrected chi connectivity index (χ1v) is 5.51. The van der Waals surface area contributed by atoms with Gasteiger partial charge in [-0.1, -0.05) is 11.6 Å². The summed E-state index contributed by atoms with van der Waals surface area (Å²) in [5, 5.41) is 0.625. The second-order valence-corrected chi connectivity index (χ2v) is 4.12. The topological polar surface area (TPSA) is 17.1 Å². The first kappa shape index (κ1) is 10.6. The van der Waals surface area contributed by atoms with Crippen molar-refractivity contribution < 1.29 is 4.79 Å². The minimum atomic E-state index is 0.0651. The summed E-state index contributed by atoms with van der Waals surface area (Å²) < 4.78 is 0. The Kier molecular flexibility index (Phi) is 3.40. The predicted octanol–water partition coefficient (Wildman–Crippen LogP) is 3.57. The van der Waals surface area contributed by atoms with E-state index in [2.05, 4.69) is 0 Å². The Balaban J connectivity index is 3.35. The summed E-state index contributed by atoms with van der Waals surface area (Å²) >= 11 is 7.48. The third-order valence-electron chi connectivity index (χ3n) is 1.92. The van der Waals surface area contributed by atoms with Crippen LogP contribution < -0.4 is 0 Å². The number of carbonyl (C=O) groups excluding carboxylic acids is 1. The molecule has 0 saturated heterocycles. The largest absolute Gasteiger partial charge is 0.294 e. The quantitative estimate of drug-likeness (QED) is 0.553. The molecule has 0 aliphatic rings. The molecule has 0 amide bonds. The fraction of sp³-hybridized carbons (Fsp3) is 0.300. The first-order valence-electron chi connectivity index (χ1n) is 3.91. The summed E-state index contributed by atoms with van der Waals surface area (Å²) in [7, 11) is 0. The molecule has 0 unspecified atom stereocenters. The molecule has 1 rings (SSSR count). The van der Waals surface area contributed by atoms with Crippen LogP contribution in [0, 0.1) is 6.92 Å². The van der Waals surface area contributed by atoms with Gasteiger partial charge in [0, 0.05) is 15.5 Å². The van der Waals surface area contributed by atoms with Gasteiger partial charge >= 0.3 is 0 Å². The smallest absolute Gasteiger partial charge is 0.160 e. The van der Waals surface area contributed by atoms with E-state index < -0.39 is 0 Å². The lowest BCUT2D eigenvalue weighted by atomic mass is 10.1. The lowest BCUT2D eigenvalue weighted by molar-refractivity contribution is 0.101. The third kappa shape index (κ3) is 2.26. The molecule has 0 aliphatic carbocycles. The maximum absolute atomic E-state index is 11.2. The van der Waals surface area contributed by atoms with Crippen LogP contribution in [0.15, 0.2) is 17.0 Å². The zero-order valence-electron chi connectivity index (χ0n) is 7.85. The fourth-order valence-electron chi connectivity index (χ4n) is 1.23. The highest BCUT2D eigenvalue weighted by Gasteiger charge is 2.08. The van der Waals surface area contributed by atoms with Crippen LogP contribution in [0.5, 0.6) is 0 Å². The normalized spacial score (nSPS) is 10.2. The van der Waals surface area contributed by atoms with Crippen molar-refractivity contribution in [2.24, 2.45) is 0 Å². The monoisotopic (exact) mass is 214 g/mol. The van der Waals surface area contributed by atoms with Crippen molar-refractivity contribution in [2.45, 2.75) is 18.7 Å². The molecule has 0 aromatic heterocycles. The molecule has 3 heteroatoms. The summed E-state index contributed by atoms with van der Waals surface area (Å²) in [5.41, 5.74) is 1.74. The zero-order chi connectivity index (χ0) is 10.0. The summed E-state index contributed by atoms with van der Waals surface area (Å²) in [4.78, 5) is 12.3. The Morgan fingerprint density at radius 2 is 2.08 bits per heavy atom. The highest BCUT2D eigenvalue weighted by molar-refractivity contribution is 7.98. The molecule has 0 aliphatic heterocycles. The van der Waals surface area contributed by atoms with Gasteiger partial charge < -0.3 is 0 Å². The standard InChI is InChI=1S/C10H11ClOS/c1-6-9(7(2)12)4-8(11)5-10(6)13-3/h4-5H,1-3H3. The summed E-state index contributed by atoms with van der Waals surface area (Å²) in [5.74, 6) is 0.0651. The molecule has 0 radical (unpaired) electrons. The van der Waals surface area contributed by atoms with Gasteiger partial charge in [0.1, 0.15) is 0 Å². The van der Waals surface area contributed by atoms with Gasteiger partial charge in [-0.2, -0.15) is 0 Å². The molecular weight excluding hydrogens is 204 g/mol. The van der Waals surface area contributed by atoms with Crippen molar-refractivity contribution in [1.82, 2.24) is 0 Å². The van der Waals surface area contributed by atoms with Crippen LogP contribution in [-0.4, -0.2) is 12.0 Å². The number of halogens is 1. The van der Waals surface area contributed by atoms with Crippen LogP contribution in [0.2, 0.25) is 5.02 Å². The molecule has 1 nitrogen and oxygen atoms in total. The molecule has 0 fully saturated rings. The Morgan fingerprint density at radius 1 is 1.46 bits per heavy atom. The molecule has 0 atom stereocenters. The van der Waals surface area contributed by atoms with Crippen molar-refractivity contribution in [1.29, 1.82) is 0 Å². The fourth-order valence-corrected chi connectivity index (χ4v) is 2.18. The van der Waals surface area contributed by atoms with Crippen molar-refractivity contribution in [3.05, 3.63) is 28.3 Å². The van der Waals surface area contributed by atoms with Crippen LogP contribution in [-0.2, 0) is 0 Å². The minimum absolute atomic E-state index is 0.0651. The maximum atomic E-state index is 11.2. The first-order chi connectivity index (χ1) is 6.06. The van der Waals surface area contributed by atoms with E-state index in [-0.39, 0.29) is 5.78 Å². The van der Waals surface area contributed by atoms with E-state index >= 15 is 0 Å². The van der Waals surface area contributed by atoms with Gasteiger partial charge in [0.05, 0.1) is 0 Å². The number of benzene rings is 1. The number of ketones is 1. The molecule has 1 aromatic rings. The van der Waals surface area contributed by atoms with E-state index in [0.717, 1.165) is 16.0 Å². The van der Waals surface area contributed by atoms with Crippen LogP contribution in [0.3, 0.4) is 0 Å². The molecule has 0 bridgehead atoms. The van der Waals surface area contributed by atoms with E-state index in [4.69, 9.17) is 11.6 Å². The third-order valence-corrected chi connectivity index (χ3v) is 3.01. The van der Waals surface area contributed by atoms with Crippen molar-refractivity contribution in [2.75, 3.05) is 6.26 Å². The number of Topliss-reactive ketones (excluding diaryl/α,β-unsaturated/α-hetero) is 1. The van der Waals surface area contributed by atoms with E-state index in [9.17, 15) is 4.79 Å². The van der Waals surface area contributed by atoms with E-state index in [1.807, 2.05) is 19.2 Å². The van der Waals surface area contributed by atoms with Crippen molar-refractivity contribution in [3.8, 4) is 0 Å². The Bertz CT molecular complexity index is 347.